The zero-order valence-corrected chi connectivity index (χ0v) is 8.74. The van der Waals surface area contributed by atoms with Gasteiger partial charge < -0.3 is 10.0 Å². The van der Waals surface area contributed by atoms with Crippen LogP contribution in [-0.4, -0.2) is 36.2 Å². The summed E-state index contributed by atoms with van der Waals surface area (Å²) >= 11 is 0. The Hall–Kier alpha value is -0.0800. The number of aliphatic hydroxyl groups is 1. The van der Waals surface area contributed by atoms with Gasteiger partial charge in [-0.15, -0.1) is 0 Å². The van der Waals surface area contributed by atoms with Gasteiger partial charge in [0.2, 0.25) is 0 Å². The number of rotatable bonds is 1. The van der Waals surface area contributed by atoms with Crippen molar-refractivity contribution in [2.45, 2.75) is 44.2 Å². The van der Waals surface area contributed by atoms with E-state index in [2.05, 4.69) is 19.0 Å². The quantitative estimate of drug-likeness (QED) is 0.665. The fraction of sp³-hybridized carbons (Fsp3) is 1.00. The van der Waals surface area contributed by atoms with Crippen molar-refractivity contribution in [1.29, 1.82) is 0 Å². The maximum Gasteiger partial charge on any atom is 0.0695 e. The van der Waals surface area contributed by atoms with Crippen LogP contribution >= 0.6 is 0 Å². The monoisotopic (exact) mass is 183 g/mol. The molecule has 0 heterocycles. The van der Waals surface area contributed by atoms with Crippen molar-refractivity contribution in [2.24, 2.45) is 11.8 Å². The highest BCUT2D eigenvalue weighted by Gasteiger charge is 2.39. The summed E-state index contributed by atoms with van der Waals surface area (Å²) in [6.45, 7) is 0. The molecule has 2 heteroatoms. The Labute approximate surface area is 80.9 Å². The molecule has 0 amide bonds. The van der Waals surface area contributed by atoms with Crippen LogP contribution in [0.3, 0.4) is 0 Å². The fourth-order valence-electron chi connectivity index (χ4n) is 2.77. The molecule has 4 unspecified atom stereocenters. The minimum atomic E-state index is -0.0865. The smallest absolute Gasteiger partial charge is 0.0695 e. The molecular weight excluding hydrogens is 162 g/mol. The van der Waals surface area contributed by atoms with Crippen molar-refractivity contribution in [2.75, 3.05) is 14.1 Å². The van der Waals surface area contributed by atoms with Gasteiger partial charge in [-0.05, 0) is 58.0 Å². The third-order valence-electron chi connectivity index (χ3n) is 3.84. The Morgan fingerprint density at radius 3 is 2.23 bits per heavy atom. The van der Waals surface area contributed by atoms with E-state index >= 15 is 0 Å². The van der Waals surface area contributed by atoms with Crippen molar-refractivity contribution in [1.82, 2.24) is 4.90 Å². The lowest BCUT2D eigenvalue weighted by Crippen LogP contribution is -2.39. The maximum atomic E-state index is 9.94. The second kappa shape index (κ2) is 3.58. The molecule has 2 aliphatic carbocycles. The molecule has 0 aliphatic heterocycles. The minimum absolute atomic E-state index is 0.0865. The standard InChI is InChI=1S/C11H21NO/c1-12(2)10-5-3-8-7-9(8)4-6-11(10)13/h8-11,13H,3-7H2,1-2H3. The first-order chi connectivity index (χ1) is 6.18. The summed E-state index contributed by atoms with van der Waals surface area (Å²) in [5.41, 5.74) is 0. The van der Waals surface area contributed by atoms with Gasteiger partial charge in [0.05, 0.1) is 6.10 Å². The van der Waals surface area contributed by atoms with E-state index in [4.69, 9.17) is 0 Å². The number of aliphatic hydroxyl groups excluding tert-OH is 1. The van der Waals surface area contributed by atoms with E-state index in [1.165, 1.54) is 25.7 Å². The lowest BCUT2D eigenvalue weighted by molar-refractivity contribution is 0.0548. The molecule has 4 atom stereocenters. The van der Waals surface area contributed by atoms with Crippen LogP contribution in [-0.2, 0) is 0 Å². The molecule has 2 nitrogen and oxygen atoms in total. The van der Waals surface area contributed by atoms with E-state index in [1.54, 1.807) is 0 Å². The summed E-state index contributed by atoms with van der Waals surface area (Å²) in [6, 6.07) is 0.404. The van der Waals surface area contributed by atoms with E-state index in [0.717, 1.165) is 18.3 Å². The summed E-state index contributed by atoms with van der Waals surface area (Å²) in [5, 5.41) is 9.94. The zero-order chi connectivity index (χ0) is 9.42. The summed E-state index contributed by atoms with van der Waals surface area (Å²) in [4.78, 5) is 2.19. The van der Waals surface area contributed by atoms with Crippen LogP contribution in [0.1, 0.15) is 32.1 Å². The van der Waals surface area contributed by atoms with E-state index in [1.807, 2.05) is 0 Å². The molecule has 1 N–H and O–H groups in total. The van der Waals surface area contributed by atoms with Crippen LogP contribution in [0.4, 0.5) is 0 Å². The van der Waals surface area contributed by atoms with Crippen molar-refractivity contribution in [3.8, 4) is 0 Å². The van der Waals surface area contributed by atoms with Crippen LogP contribution in [0.5, 0.6) is 0 Å². The maximum absolute atomic E-state index is 9.94. The molecule has 13 heavy (non-hydrogen) atoms. The highest BCUT2D eigenvalue weighted by atomic mass is 16.3. The molecule has 0 aromatic carbocycles. The second-order valence-electron chi connectivity index (χ2n) is 5.01. The molecule has 0 bridgehead atoms. The largest absolute Gasteiger partial charge is 0.391 e. The van der Waals surface area contributed by atoms with E-state index in [-0.39, 0.29) is 6.10 Å². The minimum Gasteiger partial charge on any atom is -0.391 e. The summed E-state index contributed by atoms with van der Waals surface area (Å²) < 4.78 is 0. The molecular formula is C11H21NO. The molecule has 0 spiro atoms. The van der Waals surface area contributed by atoms with E-state index < -0.39 is 0 Å². The Bertz CT molecular complexity index is 181. The first-order valence-corrected chi connectivity index (χ1v) is 5.53. The number of hydrogen-bond acceptors (Lipinski definition) is 2. The molecule has 0 saturated heterocycles. The Balaban J connectivity index is 1.93. The van der Waals surface area contributed by atoms with Gasteiger partial charge in [0, 0.05) is 6.04 Å². The zero-order valence-electron chi connectivity index (χ0n) is 8.74. The fourth-order valence-corrected chi connectivity index (χ4v) is 2.77. The lowest BCUT2D eigenvalue weighted by Gasteiger charge is -2.30. The van der Waals surface area contributed by atoms with Crippen LogP contribution in [0.25, 0.3) is 0 Å². The van der Waals surface area contributed by atoms with Gasteiger partial charge in [-0.25, -0.2) is 0 Å². The second-order valence-corrected chi connectivity index (χ2v) is 5.01. The number of nitrogens with zero attached hydrogens (tertiary/aromatic N) is 1. The predicted molar refractivity (Wildman–Crippen MR) is 53.5 cm³/mol. The molecule has 0 aromatic rings. The number of hydrogen-bond donors (Lipinski definition) is 1. The van der Waals surface area contributed by atoms with Crippen molar-refractivity contribution >= 4 is 0 Å². The molecule has 2 rings (SSSR count). The van der Waals surface area contributed by atoms with Crippen molar-refractivity contribution < 1.29 is 5.11 Å². The van der Waals surface area contributed by atoms with Crippen molar-refractivity contribution in [3.63, 3.8) is 0 Å². The van der Waals surface area contributed by atoms with Crippen LogP contribution < -0.4 is 0 Å². The average molecular weight is 183 g/mol. The van der Waals surface area contributed by atoms with Gasteiger partial charge in [0.1, 0.15) is 0 Å². The highest BCUT2D eigenvalue weighted by Crippen LogP contribution is 2.47. The highest BCUT2D eigenvalue weighted by molar-refractivity contribution is 4.91. The summed E-state index contributed by atoms with van der Waals surface area (Å²) in [7, 11) is 4.17. The molecule has 2 fully saturated rings. The van der Waals surface area contributed by atoms with Gasteiger partial charge in [-0.3, -0.25) is 0 Å². The Kier molecular flexibility index (Phi) is 2.61. The van der Waals surface area contributed by atoms with Crippen molar-refractivity contribution in [3.05, 3.63) is 0 Å². The van der Waals surface area contributed by atoms with E-state index in [9.17, 15) is 5.11 Å². The Morgan fingerprint density at radius 1 is 1.00 bits per heavy atom. The number of likely N-dealkylation sites (N-methyl/N-ethyl adjacent to an activating group) is 1. The first kappa shape index (κ1) is 9.47. The summed E-state index contributed by atoms with van der Waals surface area (Å²) in [6.07, 6.45) is 6.16. The topological polar surface area (TPSA) is 23.5 Å². The normalized spacial score (nSPS) is 45.2. The number of fused-ring (bicyclic) bond motifs is 1. The average Bonchev–Trinajstić information content (AvgIpc) is 2.76. The molecule has 0 radical (unpaired) electrons. The molecule has 0 aromatic heterocycles. The van der Waals surface area contributed by atoms with Gasteiger partial charge in [0.25, 0.3) is 0 Å². The Morgan fingerprint density at radius 2 is 1.62 bits per heavy atom. The predicted octanol–water partition coefficient (Wildman–Crippen LogP) is 1.49. The van der Waals surface area contributed by atoms with Crippen LogP contribution in [0.15, 0.2) is 0 Å². The van der Waals surface area contributed by atoms with E-state index in [0.29, 0.717) is 6.04 Å². The van der Waals surface area contributed by atoms with Gasteiger partial charge in [-0.2, -0.15) is 0 Å². The molecule has 76 valence electrons. The van der Waals surface area contributed by atoms with Gasteiger partial charge >= 0.3 is 0 Å². The molecule has 2 aliphatic rings. The van der Waals surface area contributed by atoms with Gasteiger partial charge in [-0.1, -0.05) is 0 Å². The SMILES string of the molecule is CN(C)C1CCC2CC2CCC1O. The summed E-state index contributed by atoms with van der Waals surface area (Å²) in [5.74, 6) is 1.98. The van der Waals surface area contributed by atoms with Gasteiger partial charge in [0.15, 0.2) is 0 Å². The van der Waals surface area contributed by atoms with Crippen LogP contribution in [0, 0.1) is 11.8 Å². The van der Waals surface area contributed by atoms with Crippen LogP contribution in [0.2, 0.25) is 0 Å². The lowest BCUT2D eigenvalue weighted by atomic mass is 9.94. The molecule has 2 saturated carbocycles. The first-order valence-electron chi connectivity index (χ1n) is 5.53. The third kappa shape index (κ3) is 2.05. The third-order valence-corrected chi connectivity index (χ3v) is 3.84.